The molecule has 0 saturated carbocycles. The Hall–Kier alpha value is -1.72. The van der Waals surface area contributed by atoms with Crippen molar-refractivity contribution in [3.8, 4) is 0 Å². The number of carbonyl (C=O) groups is 2. The Morgan fingerprint density at radius 3 is 2.20 bits per heavy atom. The van der Waals surface area contributed by atoms with E-state index in [9.17, 15) is 9.59 Å². The molecule has 1 aliphatic rings. The van der Waals surface area contributed by atoms with E-state index in [1.54, 1.807) is 24.3 Å². The number of carbonyl (C=O) groups excluding carboxylic acids is 2. The zero-order valence-electron chi connectivity index (χ0n) is 11.7. The molecule has 1 aromatic rings. The van der Waals surface area contributed by atoms with Gasteiger partial charge in [0.15, 0.2) is 0 Å². The molecule has 108 valence electrons. The van der Waals surface area contributed by atoms with Crippen LogP contribution in [0.2, 0.25) is 0 Å². The molecule has 1 heterocycles. The van der Waals surface area contributed by atoms with Gasteiger partial charge in [0.2, 0.25) is 0 Å². The van der Waals surface area contributed by atoms with Crippen LogP contribution in [-0.4, -0.2) is 60.0 Å². The van der Waals surface area contributed by atoms with E-state index in [1.807, 2.05) is 7.05 Å². The van der Waals surface area contributed by atoms with E-state index < -0.39 is 0 Å². The van der Waals surface area contributed by atoms with Crippen molar-refractivity contribution in [2.45, 2.75) is 12.8 Å². The van der Waals surface area contributed by atoms with Gasteiger partial charge in [-0.15, -0.1) is 0 Å². The fourth-order valence-electron chi connectivity index (χ4n) is 2.32. The highest BCUT2D eigenvalue weighted by atomic mass is 16.3. The molecule has 0 saturated heterocycles. The molecule has 0 fully saturated rings. The predicted molar refractivity (Wildman–Crippen MR) is 75.6 cm³/mol. The van der Waals surface area contributed by atoms with E-state index in [0.717, 1.165) is 19.4 Å². The average Bonchev–Trinajstić information content (AvgIpc) is 2.70. The van der Waals surface area contributed by atoms with Crippen LogP contribution in [0.3, 0.4) is 0 Å². The number of hydrogen-bond acceptors (Lipinski definition) is 4. The molecule has 1 aliphatic heterocycles. The highest BCUT2D eigenvalue weighted by molar-refractivity contribution is 6.21. The number of unbranched alkanes of at least 4 members (excludes halogenated alkanes) is 1. The smallest absolute Gasteiger partial charge is 0.261 e. The lowest BCUT2D eigenvalue weighted by Gasteiger charge is -2.20. The molecule has 1 N–H and O–H groups in total. The molecule has 1 aromatic carbocycles. The van der Waals surface area contributed by atoms with E-state index in [2.05, 4.69) is 4.90 Å². The quantitative estimate of drug-likeness (QED) is 0.596. The second-order valence-electron chi connectivity index (χ2n) is 5.04. The fourth-order valence-corrected chi connectivity index (χ4v) is 2.32. The number of nitrogens with zero attached hydrogens (tertiary/aromatic N) is 2. The van der Waals surface area contributed by atoms with Gasteiger partial charge in [-0.2, -0.15) is 0 Å². The molecule has 2 amide bonds. The Labute approximate surface area is 118 Å². The standard InChI is InChI=1S/C15H20N2O3/c1-16(8-4-5-11-18)9-10-17-14(19)12-6-2-3-7-13(12)15(17)20/h2-3,6-7,18H,4-5,8-11H2,1H3. The molecular formula is C15H20N2O3. The highest BCUT2D eigenvalue weighted by Gasteiger charge is 2.34. The van der Waals surface area contributed by atoms with Crippen molar-refractivity contribution < 1.29 is 14.7 Å². The molecule has 0 radical (unpaired) electrons. The summed E-state index contributed by atoms with van der Waals surface area (Å²) in [6.07, 6.45) is 1.69. The maximum Gasteiger partial charge on any atom is 0.261 e. The highest BCUT2D eigenvalue weighted by Crippen LogP contribution is 2.21. The molecular weight excluding hydrogens is 256 g/mol. The molecule has 20 heavy (non-hydrogen) atoms. The minimum atomic E-state index is -0.200. The van der Waals surface area contributed by atoms with Crippen molar-refractivity contribution in [1.82, 2.24) is 9.80 Å². The molecule has 0 spiro atoms. The lowest BCUT2D eigenvalue weighted by atomic mass is 10.1. The number of benzene rings is 1. The first kappa shape index (κ1) is 14.7. The number of likely N-dealkylation sites (N-methyl/N-ethyl adjacent to an activating group) is 1. The minimum Gasteiger partial charge on any atom is -0.396 e. The van der Waals surface area contributed by atoms with Crippen molar-refractivity contribution in [2.75, 3.05) is 33.3 Å². The Bertz CT molecular complexity index is 467. The number of rotatable bonds is 7. The summed E-state index contributed by atoms with van der Waals surface area (Å²) in [5.74, 6) is -0.399. The Kier molecular flexibility index (Phi) is 4.87. The number of imide groups is 1. The second kappa shape index (κ2) is 6.63. The summed E-state index contributed by atoms with van der Waals surface area (Å²) in [6, 6.07) is 6.93. The van der Waals surface area contributed by atoms with Gasteiger partial charge < -0.3 is 10.0 Å². The third-order valence-corrected chi connectivity index (χ3v) is 3.53. The molecule has 0 aliphatic carbocycles. The molecule has 0 atom stereocenters. The third-order valence-electron chi connectivity index (χ3n) is 3.53. The van der Waals surface area contributed by atoms with E-state index in [4.69, 9.17) is 5.11 Å². The van der Waals surface area contributed by atoms with Gasteiger partial charge in [0.25, 0.3) is 11.8 Å². The first-order chi connectivity index (χ1) is 9.65. The summed E-state index contributed by atoms with van der Waals surface area (Å²) in [4.78, 5) is 27.6. The van der Waals surface area contributed by atoms with Crippen LogP contribution in [0.15, 0.2) is 24.3 Å². The molecule has 0 unspecified atom stereocenters. The summed E-state index contributed by atoms with van der Waals surface area (Å²) >= 11 is 0. The molecule has 2 rings (SSSR count). The van der Waals surface area contributed by atoms with Crippen LogP contribution in [0.5, 0.6) is 0 Å². The van der Waals surface area contributed by atoms with Crippen LogP contribution >= 0.6 is 0 Å². The van der Waals surface area contributed by atoms with Gasteiger partial charge in [-0.05, 0) is 38.6 Å². The van der Waals surface area contributed by atoms with Gasteiger partial charge in [-0.25, -0.2) is 0 Å². The molecule has 5 heteroatoms. The third kappa shape index (κ3) is 3.05. The van der Waals surface area contributed by atoms with Crippen LogP contribution in [0.25, 0.3) is 0 Å². The van der Waals surface area contributed by atoms with Crippen molar-refractivity contribution in [2.24, 2.45) is 0 Å². The monoisotopic (exact) mass is 276 g/mol. The predicted octanol–water partition coefficient (Wildman–Crippen LogP) is 0.987. The summed E-state index contributed by atoms with van der Waals surface area (Å²) < 4.78 is 0. The lowest BCUT2D eigenvalue weighted by molar-refractivity contribution is 0.0641. The van der Waals surface area contributed by atoms with E-state index in [0.29, 0.717) is 24.2 Å². The van der Waals surface area contributed by atoms with Crippen LogP contribution in [0.1, 0.15) is 33.6 Å². The average molecular weight is 276 g/mol. The Balaban J connectivity index is 1.89. The lowest BCUT2D eigenvalue weighted by Crippen LogP contribution is -2.37. The van der Waals surface area contributed by atoms with Gasteiger partial charge in [0.05, 0.1) is 11.1 Å². The van der Waals surface area contributed by atoms with E-state index in [1.165, 1.54) is 4.90 Å². The molecule has 5 nitrogen and oxygen atoms in total. The van der Waals surface area contributed by atoms with E-state index >= 15 is 0 Å². The van der Waals surface area contributed by atoms with Crippen molar-refractivity contribution >= 4 is 11.8 Å². The maximum atomic E-state index is 12.1. The van der Waals surface area contributed by atoms with Gasteiger partial charge in [0, 0.05) is 19.7 Å². The summed E-state index contributed by atoms with van der Waals surface area (Å²) in [5.41, 5.74) is 1.00. The van der Waals surface area contributed by atoms with Crippen LogP contribution in [0, 0.1) is 0 Å². The van der Waals surface area contributed by atoms with E-state index in [-0.39, 0.29) is 18.4 Å². The second-order valence-corrected chi connectivity index (χ2v) is 5.04. The van der Waals surface area contributed by atoms with Crippen LogP contribution < -0.4 is 0 Å². The SMILES string of the molecule is CN(CCCCO)CCN1C(=O)c2ccccc2C1=O. The van der Waals surface area contributed by atoms with Gasteiger partial charge in [-0.3, -0.25) is 14.5 Å². The maximum absolute atomic E-state index is 12.1. The number of hydrogen-bond donors (Lipinski definition) is 1. The van der Waals surface area contributed by atoms with Crippen LogP contribution in [-0.2, 0) is 0 Å². The number of fused-ring (bicyclic) bond motifs is 1. The number of aliphatic hydroxyl groups excluding tert-OH is 1. The number of aliphatic hydroxyl groups is 1. The summed E-state index contributed by atoms with van der Waals surface area (Å²) in [6.45, 7) is 2.11. The zero-order valence-corrected chi connectivity index (χ0v) is 11.7. The van der Waals surface area contributed by atoms with Crippen molar-refractivity contribution in [3.63, 3.8) is 0 Å². The number of amides is 2. The van der Waals surface area contributed by atoms with Gasteiger partial charge >= 0.3 is 0 Å². The van der Waals surface area contributed by atoms with Crippen LogP contribution in [0.4, 0.5) is 0 Å². The normalized spacial score (nSPS) is 14.2. The molecule has 0 aromatic heterocycles. The molecule has 0 bridgehead atoms. The largest absolute Gasteiger partial charge is 0.396 e. The van der Waals surface area contributed by atoms with Crippen molar-refractivity contribution in [1.29, 1.82) is 0 Å². The minimum absolute atomic E-state index is 0.200. The van der Waals surface area contributed by atoms with Gasteiger partial charge in [0.1, 0.15) is 0 Å². The van der Waals surface area contributed by atoms with Gasteiger partial charge in [-0.1, -0.05) is 12.1 Å². The Morgan fingerprint density at radius 1 is 1.05 bits per heavy atom. The fraction of sp³-hybridized carbons (Fsp3) is 0.467. The topological polar surface area (TPSA) is 60.9 Å². The van der Waals surface area contributed by atoms with Crippen molar-refractivity contribution in [3.05, 3.63) is 35.4 Å². The first-order valence-corrected chi connectivity index (χ1v) is 6.89. The zero-order chi connectivity index (χ0) is 14.5. The summed E-state index contributed by atoms with van der Waals surface area (Å²) in [7, 11) is 1.95. The first-order valence-electron chi connectivity index (χ1n) is 6.89. The Morgan fingerprint density at radius 2 is 1.65 bits per heavy atom. The summed E-state index contributed by atoms with van der Waals surface area (Å²) in [5, 5.41) is 8.74.